The maximum atomic E-state index is 6.15. The first-order valence-corrected chi connectivity index (χ1v) is 11.7. The van der Waals surface area contributed by atoms with Crippen LogP contribution in [0, 0.1) is 11.3 Å². The molecule has 0 aromatic heterocycles. The lowest BCUT2D eigenvalue weighted by atomic mass is 9.78. The van der Waals surface area contributed by atoms with E-state index in [0.717, 1.165) is 49.1 Å². The summed E-state index contributed by atoms with van der Waals surface area (Å²) in [6.07, 6.45) is 2.56. The predicted octanol–water partition coefficient (Wildman–Crippen LogP) is 4.32. The summed E-state index contributed by atoms with van der Waals surface area (Å²) >= 11 is 0. The molecule has 1 aromatic carbocycles. The molecule has 33 heavy (non-hydrogen) atoms. The molecule has 0 spiro atoms. The molecule has 3 atom stereocenters. The number of nitrogens with one attached hydrogen (secondary N) is 2. The molecule has 1 fully saturated rings. The minimum Gasteiger partial charge on any atom is -0.493 e. The largest absolute Gasteiger partial charge is 0.493 e. The highest BCUT2D eigenvalue weighted by atomic mass is 127. The van der Waals surface area contributed by atoms with Gasteiger partial charge in [-0.2, -0.15) is 0 Å². The number of methoxy groups -OCH3 is 2. The van der Waals surface area contributed by atoms with Gasteiger partial charge in [0, 0.05) is 25.6 Å². The van der Waals surface area contributed by atoms with E-state index in [0.29, 0.717) is 12.5 Å². The van der Waals surface area contributed by atoms with E-state index >= 15 is 0 Å². The summed E-state index contributed by atoms with van der Waals surface area (Å²) in [4.78, 5) is 7.10. The Labute approximate surface area is 218 Å². The summed E-state index contributed by atoms with van der Waals surface area (Å²) in [5, 5.41) is 6.97. The predicted molar refractivity (Wildman–Crippen MR) is 147 cm³/mol. The minimum atomic E-state index is 0. The van der Waals surface area contributed by atoms with Gasteiger partial charge in [0.1, 0.15) is 0 Å². The second-order valence-corrected chi connectivity index (χ2v) is 9.75. The van der Waals surface area contributed by atoms with Gasteiger partial charge in [0.25, 0.3) is 0 Å². The lowest BCUT2D eigenvalue weighted by Crippen LogP contribution is -2.47. The Hall–Kier alpha value is -1.26. The zero-order chi connectivity index (χ0) is 23.7. The van der Waals surface area contributed by atoms with E-state index in [-0.39, 0.29) is 41.5 Å². The number of nitrogens with zero attached hydrogens (tertiary/aromatic N) is 2. The molecule has 2 N–H and O–H groups in total. The summed E-state index contributed by atoms with van der Waals surface area (Å²) in [6, 6.07) is 6.18. The third kappa shape index (κ3) is 8.79. The van der Waals surface area contributed by atoms with Crippen molar-refractivity contribution in [3.05, 3.63) is 23.8 Å². The van der Waals surface area contributed by atoms with Crippen LogP contribution in [0.1, 0.15) is 52.1 Å². The highest BCUT2D eigenvalue weighted by Crippen LogP contribution is 2.34. The van der Waals surface area contributed by atoms with Gasteiger partial charge in [-0.05, 0) is 57.0 Å². The number of halogens is 1. The van der Waals surface area contributed by atoms with Crippen molar-refractivity contribution < 1.29 is 14.2 Å². The summed E-state index contributed by atoms with van der Waals surface area (Å²) < 4.78 is 17.0. The lowest BCUT2D eigenvalue weighted by Gasteiger charge is -2.40. The van der Waals surface area contributed by atoms with Crippen molar-refractivity contribution in [2.24, 2.45) is 16.3 Å². The highest BCUT2D eigenvalue weighted by molar-refractivity contribution is 14.0. The van der Waals surface area contributed by atoms with Gasteiger partial charge in [-0.15, -0.1) is 24.0 Å². The van der Waals surface area contributed by atoms with E-state index in [1.54, 1.807) is 14.2 Å². The van der Waals surface area contributed by atoms with Crippen molar-refractivity contribution in [2.75, 3.05) is 54.6 Å². The summed E-state index contributed by atoms with van der Waals surface area (Å²) in [6.45, 7) is 12.1. The van der Waals surface area contributed by atoms with E-state index in [4.69, 9.17) is 19.2 Å². The molecule has 0 saturated carbocycles. The second-order valence-electron chi connectivity index (χ2n) is 9.75. The van der Waals surface area contributed by atoms with Gasteiger partial charge in [0.05, 0.1) is 32.9 Å². The van der Waals surface area contributed by atoms with Gasteiger partial charge < -0.3 is 29.7 Å². The average Bonchev–Trinajstić information content (AvgIpc) is 2.76. The molecule has 0 radical (unpaired) electrons. The van der Waals surface area contributed by atoms with E-state index in [9.17, 15) is 0 Å². The molecule has 1 aliphatic rings. The number of hydrogen-bond acceptors (Lipinski definition) is 5. The Kier molecular flexibility index (Phi) is 12.8. The fraction of sp³-hybridized carbons (Fsp3) is 0.720. The third-order valence-electron chi connectivity index (χ3n) is 6.01. The average molecular weight is 577 g/mol. The molecule has 190 valence electrons. The minimum absolute atomic E-state index is 0. The van der Waals surface area contributed by atoms with E-state index in [1.165, 1.54) is 6.42 Å². The van der Waals surface area contributed by atoms with Gasteiger partial charge in [-0.25, -0.2) is 0 Å². The Bertz CT molecular complexity index is 737. The second kappa shape index (κ2) is 14.2. The molecular weight excluding hydrogens is 531 g/mol. The fourth-order valence-corrected chi connectivity index (χ4v) is 4.38. The summed E-state index contributed by atoms with van der Waals surface area (Å²) in [7, 11) is 7.47. The van der Waals surface area contributed by atoms with Crippen LogP contribution in [0.5, 0.6) is 11.5 Å². The van der Waals surface area contributed by atoms with Gasteiger partial charge in [-0.3, -0.25) is 4.99 Å². The lowest BCUT2D eigenvalue weighted by molar-refractivity contribution is -0.0835. The first-order chi connectivity index (χ1) is 15.2. The summed E-state index contributed by atoms with van der Waals surface area (Å²) in [5.74, 6) is 2.79. The fourth-order valence-electron chi connectivity index (χ4n) is 4.38. The number of hydrogen-bond donors (Lipinski definition) is 2. The van der Waals surface area contributed by atoms with E-state index < -0.39 is 0 Å². The molecule has 0 amide bonds. The van der Waals surface area contributed by atoms with Crippen LogP contribution in [-0.4, -0.2) is 71.5 Å². The van der Waals surface area contributed by atoms with Gasteiger partial charge in [-0.1, -0.05) is 26.8 Å². The van der Waals surface area contributed by atoms with Crippen molar-refractivity contribution >= 4 is 29.9 Å². The van der Waals surface area contributed by atoms with Crippen LogP contribution in [-0.2, 0) is 4.74 Å². The smallest absolute Gasteiger partial charge is 0.191 e. The molecule has 3 unspecified atom stereocenters. The molecule has 1 aliphatic heterocycles. The van der Waals surface area contributed by atoms with Crippen molar-refractivity contribution in [2.45, 2.75) is 52.7 Å². The number of ether oxygens (including phenoxy) is 3. The SMILES string of the molecule is CCNC(=NCC(c1ccc(OC)c(OC)c1)N(C)C)NCC1CCCOC1C(C)(C)C.I. The molecule has 0 bridgehead atoms. The van der Waals surface area contributed by atoms with Crippen LogP contribution < -0.4 is 20.1 Å². The Balaban J connectivity index is 0.00000544. The molecule has 0 aliphatic carbocycles. The van der Waals surface area contributed by atoms with Crippen LogP contribution in [0.3, 0.4) is 0 Å². The third-order valence-corrected chi connectivity index (χ3v) is 6.01. The highest BCUT2D eigenvalue weighted by Gasteiger charge is 2.35. The van der Waals surface area contributed by atoms with Crippen molar-refractivity contribution in [3.63, 3.8) is 0 Å². The van der Waals surface area contributed by atoms with Gasteiger partial charge in [0.15, 0.2) is 17.5 Å². The molecule has 7 nitrogen and oxygen atoms in total. The standard InChI is InChI=1S/C25H44N4O3.HI/c1-9-26-24(27-16-19-11-10-14-32-23(19)25(2,3)4)28-17-20(29(5)6)18-12-13-21(30-7)22(15-18)31-8;/h12-13,15,19-20,23H,9-11,14,16-17H2,1-8H3,(H2,26,27,28);1H. The van der Waals surface area contributed by atoms with Crippen LogP contribution in [0.4, 0.5) is 0 Å². The normalized spacial score (nSPS) is 20.1. The van der Waals surface area contributed by atoms with Crippen molar-refractivity contribution in [1.82, 2.24) is 15.5 Å². The number of benzene rings is 1. The molecule has 1 aromatic rings. The van der Waals surface area contributed by atoms with Gasteiger partial charge >= 0.3 is 0 Å². The maximum Gasteiger partial charge on any atom is 0.191 e. The van der Waals surface area contributed by atoms with Gasteiger partial charge in [0.2, 0.25) is 0 Å². The van der Waals surface area contributed by atoms with Crippen molar-refractivity contribution in [3.8, 4) is 11.5 Å². The van der Waals surface area contributed by atoms with E-state index in [1.807, 2.05) is 12.1 Å². The molecular formula is C25H45IN4O3. The summed E-state index contributed by atoms with van der Waals surface area (Å²) in [5.41, 5.74) is 1.27. The van der Waals surface area contributed by atoms with E-state index in [2.05, 4.69) is 63.4 Å². The first-order valence-electron chi connectivity index (χ1n) is 11.7. The Morgan fingerprint density at radius 3 is 2.45 bits per heavy atom. The quantitative estimate of drug-likeness (QED) is 0.260. The number of likely N-dealkylation sites (N-methyl/N-ethyl adjacent to an activating group) is 1. The zero-order valence-corrected chi connectivity index (χ0v) is 24.1. The zero-order valence-electron chi connectivity index (χ0n) is 21.7. The molecule has 1 heterocycles. The van der Waals surface area contributed by atoms with Crippen molar-refractivity contribution in [1.29, 1.82) is 0 Å². The molecule has 2 rings (SSSR count). The maximum absolute atomic E-state index is 6.15. The molecule has 1 saturated heterocycles. The number of aliphatic imine (C=N–C) groups is 1. The van der Waals surface area contributed by atoms with Crippen LogP contribution >= 0.6 is 24.0 Å². The van der Waals surface area contributed by atoms with Crippen LogP contribution in [0.25, 0.3) is 0 Å². The van der Waals surface area contributed by atoms with Crippen LogP contribution in [0.15, 0.2) is 23.2 Å². The molecule has 8 heteroatoms. The van der Waals surface area contributed by atoms with Crippen LogP contribution in [0.2, 0.25) is 0 Å². The first kappa shape index (κ1) is 29.8. The number of guanidine groups is 1. The Morgan fingerprint density at radius 2 is 1.88 bits per heavy atom. The monoisotopic (exact) mass is 576 g/mol. The Morgan fingerprint density at radius 1 is 1.18 bits per heavy atom. The number of rotatable bonds is 9. The topological polar surface area (TPSA) is 67.4 Å².